The molecule has 5 nitrogen and oxygen atoms in total. The van der Waals surface area contributed by atoms with Crippen LogP contribution in [0.15, 0.2) is 15.7 Å². The molecule has 1 aromatic rings. The maximum atomic E-state index is 11.7. The largest absolute Gasteiger partial charge is 0.459 e. The second-order valence-corrected chi connectivity index (χ2v) is 7.24. The number of esters is 1. The molecular weight excluding hydrogens is 274 g/mol. The maximum absolute atomic E-state index is 11.7. The molecule has 2 N–H and O–H groups in total. The Balaban J connectivity index is 2.71. The maximum Gasteiger partial charge on any atom is 0.339 e. The monoisotopic (exact) mass is 291 g/mol. The van der Waals surface area contributed by atoms with Crippen molar-refractivity contribution in [2.75, 3.05) is 0 Å². The Morgan fingerprint density at radius 3 is 2.50 bits per heavy atom. The summed E-state index contributed by atoms with van der Waals surface area (Å²) >= 11 is 0.912. The van der Waals surface area contributed by atoms with E-state index in [0.29, 0.717) is 5.92 Å². The lowest BCUT2D eigenvalue weighted by Gasteiger charge is -2.14. The van der Waals surface area contributed by atoms with E-state index in [0.717, 1.165) is 17.8 Å². The topological polar surface area (TPSA) is 86.5 Å². The van der Waals surface area contributed by atoms with Gasteiger partial charge in [0.15, 0.2) is 0 Å². The third-order valence-corrected chi connectivity index (χ3v) is 4.59. The highest BCUT2D eigenvalue weighted by Crippen LogP contribution is 2.20. The molecule has 1 heterocycles. The van der Waals surface area contributed by atoms with Gasteiger partial charge in [-0.3, -0.25) is 0 Å². The van der Waals surface area contributed by atoms with Gasteiger partial charge in [-0.05, 0) is 25.3 Å². The number of hydrogen-bond donors (Lipinski definition) is 1. The van der Waals surface area contributed by atoms with Crippen LogP contribution in [0.1, 0.15) is 37.6 Å². The van der Waals surface area contributed by atoms with E-state index in [4.69, 9.17) is 9.88 Å². The number of hydrogen-bond acceptors (Lipinski definition) is 5. The van der Waals surface area contributed by atoms with Gasteiger partial charge in [0.25, 0.3) is 0 Å². The molecule has 0 bridgehead atoms. The first-order chi connectivity index (χ1) is 8.20. The normalized spacial score (nSPS) is 13.6. The molecule has 0 saturated heterocycles. The molecule has 0 aliphatic carbocycles. The Morgan fingerprint density at radius 2 is 2.06 bits per heavy atom. The average Bonchev–Trinajstić information content (AvgIpc) is 2.63. The summed E-state index contributed by atoms with van der Waals surface area (Å²) in [5.41, 5.74) is 0.222. The number of ether oxygens (including phenoxy) is 1. The van der Waals surface area contributed by atoms with Gasteiger partial charge in [-0.1, -0.05) is 13.8 Å². The van der Waals surface area contributed by atoms with Crippen molar-refractivity contribution in [2.45, 2.75) is 37.5 Å². The highest BCUT2D eigenvalue weighted by Gasteiger charge is 2.18. The van der Waals surface area contributed by atoms with Gasteiger partial charge in [0.05, 0.1) is 11.7 Å². The van der Waals surface area contributed by atoms with Crippen LogP contribution in [0.2, 0.25) is 0 Å². The molecule has 1 rings (SSSR count). The highest BCUT2D eigenvalue weighted by atomic mass is 32.2. The number of primary sulfonamides is 1. The van der Waals surface area contributed by atoms with Crippen molar-refractivity contribution >= 4 is 27.3 Å². The minimum atomic E-state index is -3.75. The van der Waals surface area contributed by atoms with Crippen molar-refractivity contribution in [3.63, 3.8) is 0 Å². The summed E-state index contributed by atoms with van der Waals surface area (Å²) in [6.45, 7) is 5.88. The summed E-state index contributed by atoms with van der Waals surface area (Å²) in [5.74, 6) is -0.0930. The summed E-state index contributed by atoms with van der Waals surface area (Å²) in [6, 6.07) is 1.24. The fraction of sp³-hybridized carbons (Fsp3) is 0.545. The zero-order valence-corrected chi connectivity index (χ0v) is 12.2. The Labute approximate surface area is 111 Å². The molecule has 0 spiro atoms. The summed E-state index contributed by atoms with van der Waals surface area (Å²) < 4.78 is 27.3. The van der Waals surface area contributed by atoms with E-state index in [1.54, 1.807) is 0 Å². The van der Waals surface area contributed by atoms with Crippen LogP contribution in [-0.2, 0) is 14.8 Å². The van der Waals surface area contributed by atoms with E-state index < -0.39 is 16.0 Å². The van der Waals surface area contributed by atoms with Gasteiger partial charge in [0.1, 0.15) is 4.21 Å². The fourth-order valence-corrected chi connectivity index (χ4v) is 3.11. The number of rotatable bonds is 5. The fourth-order valence-electron chi connectivity index (χ4n) is 1.54. The van der Waals surface area contributed by atoms with E-state index in [2.05, 4.69) is 0 Å². The van der Waals surface area contributed by atoms with Crippen molar-refractivity contribution in [3.8, 4) is 0 Å². The molecule has 0 fully saturated rings. The van der Waals surface area contributed by atoms with Crippen molar-refractivity contribution < 1.29 is 17.9 Å². The summed E-state index contributed by atoms with van der Waals surface area (Å²) in [4.78, 5) is 11.7. The molecule has 0 radical (unpaired) electrons. The van der Waals surface area contributed by atoms with Crippen molar-refractivity contribution in [1.82, 2.24) is 0 Å². The van der Waals surface area contributed by atoms with Crippen LogP contribution in [-0.4, -0.2) is 20.5 Å². The SMILES string of the molecule is CC(C)CC(C)OC(=O)c1csc(S(N)(=O)=O)c1. The molecule has 1 aromatic heterocycles. The molecule has 0 saturated carbocycles. The minimum Gasteiger partial charge on any atom is -0.459 e. The lowest BCUT2D eigenvalue weighted by atomic mass is 10.1. The Kier molecular flexibility index (Phi) is 4.89. The van der Waals surface area contributed by atoms with E-state index >= 15 is 0 Å². The first-order valence-electron chi connectivity index (χ1n) is 5.52. The van der Waals surface area contributed by atoms with Crippen LogP contribution in [0.4, 0.5) is 0 Å². The lowest BCUT2D eigenvalue weighted by Crippen LogP contribution is -2.16. The molecule has 102 valence electrons. The van der Waals surface area contributed by atoms with Gasteiger partial charge in [0.2, 0.25) is 10.0 Å². The van der Waals surface area contributed by atoms with Crippen LogP contribution in [0.25, 0.3) is 0 Å². The van der Waals surface area contributed by atoms with Crippen molar-refractivity contribution in [1.29, 1.82) is 0 Å². The predicted octanol–water partition coefficient (Wildman–Crippen LogP) is 1.99. The molecule has 18 heavy (non-hydrogen) atoms. The first kappa shape index (κ1) is 15.1. The number of nitrogens with two attached hydrogens (primary N) is 1. The zero-order valence-electron chi connectivity index (χ0n) is 10.5. The third-order valence-electron chi connectivity index (χ3n) is 2.20. The average molecular weight is 291 g/mol. The van der Waals surface area contributed by atoms with Crippen LogP contribution >= 0.6 is 11.3 Å². The molecular formula is C11H17NO4S2. The number of sulfonamides is 1. The summed E-state index contributed by atoms with van der Waals surface area (Å²) in [5, 5.41) is 6.40. The first-order valence-corrected chi connectivity index (χ1v) is 7.95. The summed E-state index contributed by atoms with van der Waals surface area (Å²) in [6.07, 6.45) is 0.563. The molecule has 7 heteroatoms. The van der Waals surface area contributed by atoms with Gasteiger partial charge < -0.3 is 4.74 Å². The summed E-state index contributed by atoms with van der Waals surface area (Å²) in [7, 11) is -3.75. The van der Waals surface area contributed by atoms with Crippen molar-refractivity contribution in [2.24, 2.45) is 11.1 Å². The van der Waals surface area contributed by atoms with E-state index in [-0.39, 0.29) is 15.9 Å². The van der Waals surface area contributed by atoms with E-state index in [1.807, 2.05) is 20.8 Å². The molecule has 0 aromatic carbocycles. The van der Waals surface area contributed by atoms with Crippen LogP contribution < -0.4 is 5.14 Å². The second kappa shape index (κ2) is 5.81. The van der Waals surface area contributed by atoms with Gasteiger partial charge in [-0.2, -0.15) is 0 Å². The zero-order chi connectivity index (χ0) is 13.9. The van der Waals surface area contributed by atoms with Gasteiger partial charge in [-0.15, -0.1) is 11.3 Å². The van der Waals surface area contributed by atoms with Gasteiger partial charge in [0, 0.05) is 5.38 Å². The van der Waals surface area contributed by atoms with Crippen LogP contribution in [0.5, 0.6) is 0 Å². The quantitative estimate of drug-likeness (QED) is 0.840. The van der Waals surface area contributed by atoms with E-state index in [9.17, 15) is 13.2 Å². The smallest absolute Gasteiger partial charge is 0.339 e. The Hall–Kier alpha value is -0.920. The van der Waals surface area contributed by atoms with Gasteiger partial charge in [-0.25, -0.2) is 18.4 Å². The third kappa shape index (κ3) is 4.40. The number of carbonyl (C=O) groups excluding carboxylic acids is 1. The van der Waals surface area contributed by atoms with Crippen molar-refractivity contribution in [3.05, 3.63) is 17.0 Å². The number of carbonyl (C=O) groups is 1. The van der Waals surface area contributed by atoms with Gasteiger partial charge >= 0.3 is 5.97 Å². The molecule has 1 unspecified atom stereocenters. The Morgan fingerprint density at radius 1 is 1.44 bits per heavy atom. The van der Waals surface area contributed by atoms with Crippen LogP contribution in [0.3, 0.4) is 0 Å². The molecule has 0 aliphatic rings. The minimum absolute atomic E-state index is 0.0361. The Bertz CT molecular complexity index is 519. The molecule has 1 atom stereocenters. The highest BCUT2D eigenvalue weighted by molar-refractivity contribution is 7.91. The van der Waals surface area contributed by atoms with E-state index in [1.165, 1.54) is 11.4 Å². The lowest BCUT2D eigenvalue weighted by molar-refractivity contribution is 0.0300. The molecule has 0 amide bonds. The van der Waals surface area contributed by atoms with Crippen LogP contribution in [0, 0.1) is 5.92 Å². The number of thiophene rings is 1. The molecule has 0 aliphatic heterocycles. The second-order valence-electron chi connectivity index (χ2n) is 4.54. The standard InChI is InChI=1S/C11H17NO4S2/c1-7(2)4-8(3)16-11(13)9-5-10(17-6-9)18(12,14)15/h5-8H,4H2,1-3H3,(H2,12,14,15). The predicted molar refractivity (Wildman–Crippen MR) is 70.0 cm³/mol.